The van der Waals surface area contributed by atoms with Gasteiger partial charge in [0, 0.05) is 19.3 Å². The highest BCUT2D eigenvalue weighted by molar-refractivity contribution is 5.71. The first-order valence-electron chi connectivity index (χ1n) is 35.8. The molecule has 0 bridgehead atoms. The highest BCUT2D eigenvalue weighted by atomic mass is 16.6. The van der Waals surface area contributed by atoms with Gasteiger partial charge in [0.2, 0.25) is 0 Å². The van der Waals surface area contributed by atoms with Crippen LogP contribution in [-0.4, -0.2) is 37.2 Å². The molecule has 0 N–H and O–H groups in total. The lowest BCUT2D eigenvalue weighted by molar-refractivity contribution is -0.167. The number of rotatable bonds is 67. The van der Waals surface area contributed by atoms with E-state index < -0.39 is 6.10 Å². The van der Waals surface area contributed by atoms with Gasteiger partial charge in [-0.05, 0) is 70.6 Å². The molecule has 0 aromatic carbocycles. The van der Waals surface area contributed by atoms with Gasteiger partial charge in [0.25, 0.3) is 0 Å². The number of esters is 3. The second-order valence-corrected chi connectivity index (χ2v) is 24.5. The monoisotopic (exact) mass is 1110 g/mol. The molecule has 1 unspecified atom stereocenters. The molecule has 6 heteroatoms. The summed E-state index contributed by atoms with van der Waals surface area (Å²) in [6.07, 6.45) is 83.7. The van der Waals surface area contributed by atoms with Crippen LogP contribution >= 0.6 is 0 Å². The summed E-state index contributed by atoms with van der Waals surface area (Å²) in [4.78, 5) is 38.3. The van der Waals surface area contributed by atoms with Crippen molar-refractivity contribution in [2.24, 2.45) is 0 Å². The summed E-state index contributed by atoms with van der Waals surface area (Å²) in [7, 11) is 0. The highest BCUT2D eigenvalue weighted by Crippen LogP contribution is 2.19. The zero-order valence-electron chi connectivity index (χ0n) is 53.7. The largest absolute Gasteiger partial charge is 0.462 e. The number of unbranched alkanes of at least 4 members (excludes halogenated alkanes) is 52. The number of allylic oxidation sites excluding steroid dienone is 4. The van der Waals surface area contributed by atoms with E-state index in [-0.39, 0.29) is 31.1 Å². The zero-order valence-corrected chi connectivity index (χ0v) is 53.7. The molecule has 0 amide bonds. The van der Waals surface area contributed by atoms with E-state index in [4.69, 9.17) is 14.2 Å². The fraction of sp³-hybridized carbons (Fsp3) is 0.904. The summed E-state index contributed by atoms with van der Waals surface area (Å²) in [6, 6.07) is 0. The van der Waals surface area contributed by atoms with Crippen LogP contribution in [0.25, 0.3) is 0 Å². The molecule has 1 atom stereocenters. The lowest BCUT2D eigenvalue weighted by Crippen LogP contribution is -2.30. The van der Waals surface area contributed by atoms with Gasteiger partial charge in [-0.25, -0.2) is 0 Å². The van der Waals surface area contributed by atoms with Gasteiger partial charge in [-0.15, -0.1) is 0 Å². The Bertz CT molecular complexity index is 1270. The summed E-state index contributed by atoms with van der Waals surface area (Å²) < 4.78 is 17.0. The van der Waals surface area contributed by atoms with E-state index in [1.807, 2.05) is 0 Å². The Balaban J connectivity index is 4.10. The van der Waals surface area contributed by atoms with Gasteiger partial charge in [-0.2, -0.15) is 0 Å². The predicted octanol–water partition coefficient (Wildman–Crippen LogP) is 24.6. The Kier molecular flexibility index (Phi) is 66.6. The van der Waals surface area contributed by atoms with Gasteiger partial charge in [-0.1, -0.05) is 340 Å². The number of carbonyl (C=O) groups excluding carboxylic acids is 3. The molecular formula is C73H138O6. The van der Waals surface area contributed by atoms with E-state index in [2.05, 4.69) is 45.1 Å². The number of carbonyl (C=O) groups is 3. The van der Waals surface area contributed by atoms with Crippen molar-refractivity contribution in [2.75, 3.05) is 13.2 Å². The molecule has 0 heterocycles. The fourth-order valence-electron chi connectivity index (χ4n) is 11.0. The van der Waals surface area contributed by atoms with Crippen molar-refractivity contribution in [3.8, 4) is 0 Å². The van der Waals surface area contributed by atoms with Gasteiger partial charge in [0.1, 0.15) is 13.2 Å². The van der Waals surface area contributed by atoms with Crippen LogP contribution in [0, 0.1) is 0 Å². The molecule has 0 aliphatic carbocycles. The molecule has 6 nitrogen and oxygen atoms in total. The third kappa shape index (κ3) is 66.6. The van der Waals surface area contributed by atoms with Gasteiger partial charge in [0.15, 0.2) is 6.10 Å². The molecule has 0 spiro atoms. The average Bonchev–Trinajstić information content (AvgIpc) is 3.45. The van der Waals surface area contributed by atoms with Crippen molar-refractivity contribution in [3.63, 3.8) is 0 Å². The molecule has 0 saturated carbocycles. The van der Waals surface area contributed by atoms with Crippen LogP contribution in [-0.2, 0) is 28.6 Å². The Morgan fingerprint density at radius 1 is 0.241 bits per heavy atom. The maximum Gasteiger partial charge on any atom is 0.306 e. The molecule has 0 aromatic heterocycles. The molecule has 0 aliphatic rings. The van der Waals surface area contributed by atoms with E-state index in [1.165, 1.54) is 295 Å². The minimum Gasteiger partial charge on any atom is -0.462 e. The van der Waals surface area contributed by atoms with Crippen LogP contribution in [0.4, 0.5) is 0 Å². The van der Waals surface area contributed by atoms with E-state index in [1.54, 1.807) is 0 Å². The Morgan fingerprint density at radius 3 is 0.633 bits per heavy atom. The summed E-state index contributed by atoms with van der Waals surface area (Å²) in [5, 5.41) is 0. The minimum absolute atomic E-state index is 0.0723. The molecule has 0 rings (SSSR count). The van der Waals surface area contributed by atoms with Crippen LogP contribution in [0.1, 0.15) is 406 Å². The maximum atomic E-state index is 12.9. The van der Waals surface area contributed by atoms with Crippen molar-refractivity contribution in [1.29, 1.82) is 0 Å². The molecule has 0 saturated heterocycles. The van der Waals surface area contributed by atoms with Gasteiger partial charge in [0.05, 0.1) is 0 Å². The molecular weight excluding hydrogens is 973 g/mol. The first-order valence-corrected chi connectivity index (χ1v) is 35.8. The average molecular weight is 1110 g/mol. The highest BCUT2D eigenvalue weighted by Gasteiger charge is 2.19. The van der Waals surface area contributed by atoms with Gasteiger partial charge < -0.3 is 14.2 Å². The van der Waals surface area contributed by atoms with Crippen LogP contribution in [0.3, 0.4) is 0 Å². The van der Waals surface area contributed by atoms with Crippen LogP contribution in [0.2, 0.25) is 0 Å². The van der Waals surface area contributed by atoms with Crippen molar-refractivity contribution >= 4 is 17.9 Å². The van der Waals surface area contributed by atoms with Crippen LogP contribution in [0.15, 0.2) is 24.3 Å². The standard InChI is InChI=1S/C73H138O6/c1-4-7-10-13-16-19-22-25-28-29-30-31-32-33-34-35-36-37-38-39-40-41-42-43-44-46-48-51-54-57-60-63-66-72(75)78-69-70(68-77-71(74)65-62-59-56-53-50-47-27-24-21-18-15-12-9-6-3)79-73(76)67-64-61-58-55-52-49-45-26-23-20-17-14-11-8-5-2/h24,26-27,45,70H,4-23,25,28-44,46-69H2,1-3H3/b27-24-,45-26-. The number of ether oxygens (including phenoxy) is 3. The van der Waals surface area contributed by atoms with E-state index in [0.29, 0.717) is 19.3 Å². The summed E-state index contributed by atoms with van der Waals surface area (Å²) in [6.45, 7) is 6.68. The lowest BCUT2D eigenvalue weighted by Gasteiger charge is -2.18. The third-order valence-electron chi connectivity index (χ3n) is 16.4. The second kappa shape index (κ2) is 68.4. The van der Waals surface area contributed by atoms with Gasteiger partial charge >= 0.3 is 17.9 Å². The maximum absolute atomic E-state index is 12.9. The predicted molar refractivity (Wildman–Crippen MR) is 344 cm³/mol. The first kappa shape index (κ1) is 76.9. The summed E-state index contributed by atoms with van der Waals surface area (Å²) >= 11 is 0. The Morgan fingerprint density at radius 2 is 0.418 bits per heavy atom. The van der Waals surface area contributed by atoms with Crippen molar-refractivity contribution in [3.05, 3.63) is 24.3 Å². The first-order chi connectivity index (χ1) is 39.0. The third-order valence-corrected chi connectivity index (χ3v) is 16.4. The van der Waals surface area contributed by atoms with E-state index in [0.717, 1.165) is 70.6 Å². The molecule has 0 aromatic rings. The summed E-state index contributed by atoms with van der Waals surface area (Å²) in [5.41, 5.74) is 0. The summed E-state index contributed by atoms with van der Waals surface area (Å²) in [5.74, 6) is -0.862. The molecule has 466 valence electrons. The smallest absolute Gasteiger partial charge is 0.306 e. The SMILES string of the molecule is CCCCCCC/C=C\CCCCCCCC(=O)OCC(COC(=O)CCCCCCCCCCCCCCCCCCCCCCCCCCCCCCCCCC)OC(=O)CCCCCCC/C=C\CCCCCCCC. The number of hydrogen-bond donors (Lipinski definition) is 0. The Hall–Kier alpha value is -2.11. The molecule has 0 aliphatic heterocycles. The van der Waals surface area contributed by atoms with E-state index in [9.17, 15) is 14.4 Å². The number of hydrogen-bond acceptors (Lipinski definition) is 6. The zero-order chi connectivity index (χ0) is 57.1. The molecule has 79 heavy (non-hydrogen) atoms. The van der Waals surface area contributed by atoms with Crippen molar-refractivity contribution in [2.45, 2.75) is 412 Å². The normalized spacial score (nSPS) is 12.1. The Labute approximate surface area is 493 Å². The van der Waals surface area contributed by atoms with E-state index >= 15 is 0 Å². The lowest BCUT2D eigenvalue weighted by atomic mass is 10.0. The molecule has 0 radical (unpaired) electrons. The quantitative estimate of drug-likeness (QED) is 0.0261. The fourth-order valence-corrected chi connectivity index (χ4v) is 11.0. The van der Waals surface area contributed by atoms with Crippen molar-refractivity contribution < 1.29 is 28.6 Å². The second-order valence-electron chi connectivity index (χ2n) is 24.5. The topological polar surface area (TPSA) is 78.9 Å². The minimum atomic E-state index is -0.777. The van der Waals surface area contributed by atoms with Crippen LogP contribution in [0.5, 0.6) is 0 Å². The van der Waals surface area contributed by atoms with Crippen LogP contribution < -0.4 is 0 Å². The molecule has 0 fully saturated rings. The van der Waals surface area contributed by atoms with Crippen molar-refractivity contribution in [1.82, 2.24) is 0 Å². The van der Waals surface area contributed by atoms with Gasteiger partial charge in [-0.3, -0.25) is 14.4 Å².